The van der Waals surface area contributed by atoms with Crippen molar-refractivity contribution in [3.05, 3.63) is 23.8 Å². The Labute approximate surface area is 100 Å². The Morgan fingerprint density at radius 2 is 2.35 bits per heavy atom. The first-order valence-corrected chi connectivity index (χ1v) is 5.64. The number of nitrogens with two attached hydrogens (primary N) is 1. The van der Waals surface area contributed by atoms with E-state index in [0.717, 1.165) is 19.5 Å². The van der Waals surface area contributed by atoms with Crippen molar-refractivity contribution in [2.45, 2.75) is 12.5 Å². The summed E-state index contributed by atoms with van der Waals surface area (Å²) in [5.41, 5.74) is 6.42. The van der Waals surface area contributed by atoms with E-state index < -0.39 is 0 Å². The zero-order valence-corrected chi connectivity index (χ0v) is 9.81. The second-order valence-corrected chi connectivity index (χ2v) is 4.49. The lowest BCUT2D eigenvalue weighted by Gasteiger charge is -2.14. The average Bonchev–Trinajstić information content (AvgIpc) is 2.67. The van der Waals surface area contributed by atoms with Crippen molar-refractivity contribution in [3.8, 4) is 5.75 Å². The van der Waals surface area contributed by atoms with Crippen molar-refractivity contribution in [3.63, 3.8) is 0 Å². The third kappa shape index (κ3) is 2.68. The van der Waals surface area contributed by atoms with Crippen LogP contribution < -0.4 is 11.1 Å². The van der Waals surface area contributed by atoms with Gasteiger partial charge in [-0.1, -0.05) is 0 Å². The molecule has 1 saturated heterocycles. The second-order valence-electron chi connectivity index (χ2n) is 4.49. The van der Waals surface area contributed by atoms with Gasteiger partial charge in [0.1, 0.15) is 5.75 Å². The van der Waals surface area contributed by atoms with E-state index >= 15 is 0 Å². The fourth-order valence-corrected chi connectivity index (χ4v) is 2.06. The fraction of sp³-hybridized carbons (Fsp3) is 0.417. The van der Waals surface area contributed by atoms with E-state index in [1.165, 1.54) is 18.2 Å². The Bertz CT molecular complexity index is 434. The minimum atomic E-state index is -0.223. The summed E-state index contributed by atoms with van der Waals surface area (Å²) in [5.74, 6) is -0.174. The van der Waals surface area contributed by atoms with E-state index in [9.17, 15) is 9.90 Å². The van der Waals surface area contributed by atoms with E-state index in [0.29, 0.717) is 11.3 Å². The molecule has 92 valence electrons. The summed E-state index contributed by atoms with van der Waals surface area (Å²) in [4.78, 5) is 14.1. The fourth-order valence-electron chi connectivity index (χ4n) is 2.06. The summed E-state index contributed by atoms with van der Waals surface area (Å²) in [7, 11) is 2.02. The van der Waals surface area contributed by atoms with E-state index in [2.05, 4.69) is 10.2 Å². The van der Waals surface area contributed by atoms with Crippen molar-refractivity contribution < 1.29 is 9.90 Å². The van der Waals surface area contributed by atoms with Crippen molar-refractivity contribution in [1.82, 2.24) is 10.2 Å². The van der Waals surface area contributed by atoms with Crippen LogP contribution in [0.5, 0.6) is 5.75 Å². The molecule has 1 fully saturated rings. The third-order valence-corrected chi connectivity index (χ3v) is 3.01. The number of carbonyl (C=O) groups excluding carboxylic acids is 1. The second kappa shape index (κ2) is 4.63. The van der Waals surface area contributed by atoms with Crippen molar-refractivity contribution in [2.75, 3.05) is 25.9 Å². The molecule has 1 aliphatic rings. The smallest absolute Gasteiger partial charge is 0.253 e. The Morgan fingerprint density at radius 3 is 3.00 bits per heavy atom. The van der Waals surface area contributed by atoms with Crippen LogP contribution in [0.1, 0.15) is 16.8 Å². The number of phenolic OH excluding ortho intramolecular Hbond substituents is 1. The molecule has 1 aliphatic heterocycles. The highest BCUT2D eigenvalue weighted by Crippen LogP contribution is 2.19. The highest BCUT2D eigenvalue weighted by Gasteiger charge is 2.22. The van der Waals surface area contributed by atoms with Crippen LogP contribution in [0.15, 0.2) is 18.2 Å². The van der Waals surface area contributed by atoms with Gasteiger partial charge >= 0.3 is 0 Å². The number of likely N-dealkylation sites (tertiary alicyclic amines) is 1. The number of carbonyl (C=O) groups is 1. The number of hydrogen-bond donors (Lipinski definition) is 3. The standard InChI is InChI=1S/C12H17N3O2/c1-15-5-4-8(7-15)14-12(17)10-6-9(16)2-3-11(10)13/h2-3,6,8,16H,4-5,7,13H2,1H3,(H,14,17). The summed E-state index contributed by atoms with van der Waals surface area (Å²) in [5, 5.41) is 12.3. The lowest BCUT2D eigenvalue weighted by Crippen LogP contribution is -2.36. The van der Waals surface area contributed by atoms with Crippen LogP contribution in [0, 0.1) is 0 Å². The highest BCUT2D eigenvalue weighted by atomic mass is 16.3. The number of amides is 1. The van der Waals surface area contributed by atoms with Crippen LogP contribution in [-0.4, -0.2) is 42.1 Å². The number of anilines is 1. The summed E-state index contributed by atoms with van der Waals surface area (Å²) in [6.45, 7) is 1.84. The molecule has 0 radical (unpaired) electrons. The van der Waals surface area contributed by atoms with Crippen LogP contribution in [0.2, 0.25) is 0 Å². The lowest BCUT2D eigenvalue weighted by atomic mass is 10.1. The number of nitrogens with one attached hydrogen (secondary N) is 1. The molecular weight excluding hydrogens is 218 g/mol. The maximum Gasteiger partial charge on any atom is 0.253 e. The van der Waals surface area contributed by atoms with Gasteiger partial charge < -0.3 is 21.1 Å². The minimum Gasteiger partial charge on any atom is -0.508 e. The van der Waals surface area contributed by atoms with E-state index in [1.807, 2.05) is 7.05 Å². The van der Waals surface area contributed by atoms with Crippen LogP contribution in [-0.2, 0) is 0 Å². The summed E-state index contributed by atoms with van der Waals surface area (Å²) in [6, 6.07) is 4.55. The third-order valence-electron chi connectivity index (χ3n) is 3.01. The maximum absolute atomic E-state index is 12.0. The van der Waals surface area contributed by atoms with Crippen molar-refractivity contribution >= 4 is 11.6 Å². The molecule has 1 aromatic carbocycles. The molecular formula is C12H17N3O2. The van der Waals surface area contributed by atoms with Gasteiger partial charge in [0.25, 0.3) is 5.91 Å². The minimum absolute atomic E-state index is 0.0490. The summed E-state index contributed by atoms with van der Waals surface area (Å²) >= 11 is 0. The van der Waals surface area contributed by atoms with E-state index in [4.69, 9.17) is 5.73 Å². The first kappa shape index (κ1) is 11.7. The number of nitrogen functional groups attached to an aromatic ring is 1. The molecule has 1 aromatic rings. The summed E-state index contributed by atoms with van der Waals surface area (Å²) in [6.07, 6.45) is 0.945. The predicted octanol–water partition coefficient (Wildman–Crippen LogP) is 0.408. The van der Waals surface area contributed by atoms with Crippen LogP contribution in [0.3, 0.4) is 0 Å². The molecule has 0 aromatic heterocycles. The Balaban J connectivity index is 2.06. The Morgan fingerprint density at radius 1 is 1.59 bits per heavy atom. The molecule has 1 heterocycles. The normalized spacial score (nSPS) is 20.4. The molecule has 5 heteroatoms. The monoisotopic (exact) mass is 235 g/mol. The first-order valence-electron chi connectivity index (χ1n) is 5.64. The highest BCUT2D eigenvalue weighted by molar-refractivity contribution is 5.99. The van der Waals surface area contributed by atoms with Gasteiger partial charge in [0, 0.05) is 18.3 Å². The van der Waals surface area contributed by atoms with Crippen molar-refractivity contribution in [1.29, 1.82) is 0 Å². The maximum atomic E-state index is 12.0. The average molecular weight is 235 g/mol. The van der Waals surface area contributed by atoms with Gasteiger partial charge in [-0.25, -0.2) is 0 Å². The molecule has 0 spiro atoms. The molecule has 1 atom stereocenters. The topological polar surface area (TPSA) is 78.6 Å². The Kier molecular flexibility index (Phi) is 3.19. The number of likely N-dealkylation sites (N-methyl/N-ethyl adjacent to an activating group) is 1. The zero-order valence-electron chi connectivity index (χ0n) is 9.81. The van der Waals surface area contributed by atoms with Crippen LogP contribution in [0.4, 0.5) is 5.69 Å². The van der Waals surface area contributed by atoms with Gasteiger partial charge in [-0.15, -0.1) is 0 Å². The van der Waals surface area contributed by atoms with Crippen LogP contribution in [0.25, 0.3) is 0 Å². The lowest BCUT2D eigenvalue weighted by molar-refractivity contribution is 0.0939. The van der Waals surface area contributed by atoms with Gasteiger partial charge in [-0.3, -0.25) is 4.79 Å². The summed E-state index contributed by atoms with van der Waals surface area (Å²) < 4.78 is 0. The van der Waals surface area contributed by atoms with Crippen LogP contribution >= 0.6 is 0 Å². The Hall–Kier alpha value is -1.75. The van der Waals surface area contributed by atoms with Crippen molar-refractivity contribution in [2.24, 2.45) is 0 Å². The van der Waals surface area contributed by atoms with Gasteiger partial charge in [0.15, 0.2) is 0 Å². The molecule has 0 saturated carbocycles. The molecule has 0 aliphatic carbocycles. The number of aromatic hydroxyl groups is 1. The van der Waals surface area contributed by atoms with E-state index in [1.54, 1.807) is 0 Å². The van der Waals surface area contributed by atoms with Gasteiger partial charge in [-0.2, -0.15) is 0 Å². The number of rotatable bonds is 2. The largest absolute Gasteiger partial charge is 0.508 e. The molecule has 2 rings (SSSR count). The molecule has 4 N–H and O–H groups in total. The number of benzene rings is 1. The SMILES string of the molecule is CN1CCC(NC(=O)c2cc(O)ccc2N)C1. The molecule has 5 nitrogen and oxygen atoms in total. The zero-order chi connectivity index (χ0) is 12.4. The number of phenols is 1. The number of hydrogen-bond acceptors (Lipinski definition) is 4. The molecule has 1 unspecified atom stereocenters. The molecule has 1 amide bonds. The first-order chi connectivity index (χ1) is 8.06. The number of nitrogens with zero attached hydrogens (tertiary/aromatic N) is 1. The quantitative estimate of drug-likeness (QED) is 0.512. The van der Waals surface area contributed by atoms with Gasteiger partial charge in [-0.05, 0) is 38.2 Å². The molecule has 17 heavy (non-hydrogen) atoms. The van der Waals surface area contributed by atoms with Gasteiger partial charge in [0.05, 0.1) is 5.56 Å². The molecule has 0 bridgehead atoms. The predicted molar refractivity (Wildman–Crippen MR) is 65.9 cm³/mol. The van der Waals surface area contributed by atoms with E-state index in [-0.39, 0.29) is 17.7 Å². The van der Waals surface area contributed by atoms with Gasteiger partial charge in [0.2, 0.25) is 0 Å².